The summed E-state index contributed by atoms with van der Waals surface area (Å²) in [5.74, 6) is -1.36. The van der Waals surface area contributed by atoms with Crippen molar-refractivity contribution in [3.8, 4) is 11.1 Å². The Morgan fingerprint density at radius 3 is 2.03 bits per heavy atom. The molecule has 0 saturated carbocycles. The number of nitrogens with zero attached hydrogens (tertiary/aromatic N) is 4. The number of non-ortho nitro benzene ring substituents is 2. The van der Waals surface area contributed by atoms with E-state index in [4.69, 9.17) is 9.94 Å². The summed E-state index contributed by atoms with van der Waals surface area (Å²) in [6, 6.07) is 3.97. The number of rotatable bonds is 6. The maximum Gasteiger partial charge on any atom is 0.347 e. The van der Waals surface area contributed by atoms with Gasteiger partial charge in [-0.3, -0.25) is 30.3 Å². The summed E-state index contributed by atoms with van der Waals surface area (Å²) in [4.78, 5) is 47.6. The largest absolute Gasteiger partial charge is 0.478 e. The van der Waals surface area contributed by atoms with Crippen LogP contribution in [0.1, 0.15) is 18.1 Å². The van der Waals surface area contributed by atoms with Crippen molar-refractivity contribution in [3.05, 3.63) is 70.2 Å². The van der Waals surface area contributed by atoms with Gasteiger partial charge in [0, 0.05) is 39.4 Å². The summed E-state index contributed by atoms with van der Waals surface area (Å²) >= 11 is 3.15. The third-order valence-electron chi connectivity index (χ3n) is 4.21. The minimum atomic E-state index is -1.42. The van der Waals surface area contributed by atoms with Crippen molar-refractivity contribution in [1.82, 2.24) is 0 Å². The number of nitro groups is 3. The number of halogens is 1. The van der Waals surface area contributed by atoms with Gasteiger partial charge >= 0.3 is 5.97 Å². The zero-order valence-corrected chi connectivity index (χ0v) is 16.4. The molecule has 0 saturated heterocycles. The molecule has 0 bridgehead atoms. The van der Waals surface area contributed by atoms with Crippen LogP contribution in [0.25, 0.3) is 11.1 Å². The van der Waals surface area contributed by atoms with E-state index in [-0.39, 0.29) is 38.1 Å². The van der Waals surface area contributed by atoms with Crippen molar-refractivity contribution in [1.29, 1.82) is 0 Å². The number of carboxylic acid groups (broad SMARTS) is 1. The molecule has 1 N–H and O–H groups in total. The van der Waals surface area contributed by atoms with Crippen molar-refractivity contribution in [3.63, 3.8) is 0 Å². The fourth-order valence-electron chi connectivity index (χ4n) is 2.87. The normalized spacial score (nSPS) is 14.0. The molecule has 1 atom stereocenters. The van der Waals surface area contributed by atoms with Crippen LogP contribution in [0, 0.1) is 30.3 Å². The molecule has 3 rings (SSSR count). The lowest BCUT2D eigenvalue weighted by Gasteiger charge is -2.06. The lowest BCUT2D eigenvalue weighted by atomic mass is 10.0. The highest BCUT2D eigenvalue weighted by atomic mass is 79.9. The number of oxime groups is 1. The zero-order chi connectivity index (χ0) is 22.3. The van der Waals surface area contributed by atoms with Crippen LogP contribution in [0.2, 0.25) is 0 Å². The molecule has 0 fully saturated rings. The monoisotopic (exact) mass is 480 g/mol. The van der Waals surface area contributed by atoms with Gasteiger partial charge in [0.25, 0.3) is 17.1 Å². The summed E-state index contributed by atoms with van der Waals surface area (Å²) in [5.41, 5.74) is -1.81. The van der Waals surface area contributed by atoms with Gasteiger partial charge in [-0.25, -0.2) is 4.79 Å². The molecular weight excluding hydrogens is 472 g/mol. The Morgan fingerprint density at radius 2 is 1.53 bits per heavy atom. The van der Waals surface area contributed by atoms with Crippen molar-refractivity contribution in [2.24, 2.45) is 5.16 Å². The predicted octanol–water partition coefficient (Wildman–Crippen LogP) is 3.40. The number of carbonyl (C=O) groups is 1. The van der Waals surface area contributed by atoms with E-state index < -0.39 is 38.2 Å². The van der Waals surface area contributed by atoms with Crippen LogP contribution < -0.4 is 0 Å². The smallest absolute Gasteiger partial charge is 0.347 e. The Balaban J connectivity index is 2.39. The Labute approximate surface area is 174 Å². The SMILES string of the molecule is CC(O/N=C1\c2cc([N+](=O)[O-])cc(Br)c2-c2c1cc([N+](=O)[O-])cc2[N+](=O)[O-])C(=O)O. The van der Waals surface area contributed by atoms with Crippen LogP contribution in [0.4, 0.5) is 17.1 Å². The van der Waals surface area contributed by atoms with Crippen LogP contribution in [-0.2, 0) is 9.63 Å². The minimum absolute atomic E-state index is 0.0206. The summed E-state index contributed by atoms with van der Waals surface area (Å²) < 4.78 is 0.112. The van der Waals surface area contributed by atoms with Crippen LogP contribution in [0.5, 0.6) is 0 Å². The Kier molecular flexibility index (Phi) is 5.18. The van der Waals surface area contributed by atoms with E-state index in [0.717, 1.165) is 24.3 Å². The van der Waals surface area contributed by atoms with E-state index in [1.54, 1.807) is 0 Å². The molecule has 0 amide bonds. The quantitative estimate of drug-likeness (QED) is 0.406. The molecule has 2 aromatic rings. The Morgan fingerprint density at radius 1 is 1.00 bits per heavy atom. The van der Waals surface area contributed by atoms with Crippen molar-refractivity contribution < 1.29 is 29.5 Å². The summed E-state index contributed by atoms with van der Waals surface area (Å²) in [7, 11) is 0. The van der Waals surface area contributed by atoms with Gasteiger partial charge in [0.05, 0.1) is 26.4 Å². The fourth-order valence-corrected chi connectivity index (χ4v) is 3.52. The molecule has 2 aromatic carbocycles. The molecule has 154 valence electrons. The molecule has 30 heavy (non-hydrogen) atoms. The second-order valence-electron chi connectivity index (χ2n) is 6.03. The van der Waals surface area contributed by atoms with Gasteiger partial charge < -0.3 is 9.94 Å². The lowest BCUT2D eigenvalue weighted by Crippen LogP contribution is -2.18. The Bertz CT molecular complexity index is 1180. The summed E-state index contributed by atoms with van der Waals surface area (Å²) in [5, 5.41) is 46.8. The number of hydrogen-bond acceptors (Lipinski definition) is 9. The van der Waals surface area contributed by atoms with Crippen LogP contribution in [-0.4, -0.2) is 37.7 Å². The number of nitro benzene ring substituents is 3. The lowest BCUT2D eigenvalue weighted by molar-refractivity contribution is -0.393. The van der Waals surface area contributed by atoms with E-state index in [1.165, 1.54) is 6.92 Å². The fraction of sp³-hybridized carbons (Fsp3) is 0.125. The van der Waals surface area contributed by atoms with Crippen LogP contribution >= 0.6 is 15.9 Å². The average Bonchev–Trinajstić information content (AvgIpc) is 2.98. The molecule has 13 nitrogen and oxygen atoms in total. The van der Waals surface area contributed by atoms with E-state index in [1.807, 2.05) is 0 Å². The number of carboxylic acids is 1. The molecule has 0 spiro atoms. The van der Waals surface area contributed by atoms with Gasteiger partial charge in [0.1, 0.15) is 5.71 Å². The number of hydrogen-bond donors (Lipinski definition) is 1. The highest BCUT2D eigenvalue weighted by molar-refractivity contribution is 9.10. The molecule has 14 heteroatoms. The third kappa shape index (κ3) is 3.43. The summed E-state index contributed by atoms with van der Waals surface area (Å²) in [6.07, 6.45) is -1.42. The van der Waals surface area contributed by atoms with E-state index in [9.17, 15) is 35.1 Å². The third-order valence-corrected chi connectivity index (χ3v) is 4.83. The second-order valence-corrected chi connectivity index (χ2v) is 6.89. The van der Waals surface area contributed by atoms with Crippen LogP contribution in [0.3, 0.4) is 0 Å². The summed E-state index contributed by atoms with van der Waals surface area (Å²) in [6.45, 7) is 1.17. The van der Waals surface area contributed by atoms with Gasteiger partial charge in [0.2, 0.25) is 6.10 Å². The predicted molar refractivity (Wildman–Crippen MR) is 103 cm³/mol. The average molecular weight is 481 g/mol. The molecular formula is C16H9BrN4O9. The highest BCUT2D eigenvalue weighted by Gasteiger charge is 2.38. The van der Waals surface area contributed by atoms with Crippen molar-refractivity contribution >= 4 is 44.7 Å². The van der Waals surface area contributed by atoms with Gasteiger partial charge in [0.15, 0.2) is 0 Å². The van der Waals surface area contributed by atoms with Gasteiger partial charge in [-0.2, -0.15) is 0 Å². The number of aliphatic carboxylic acids is 1. The van der Waals surface area contributed by atoms with Gasteiger partial charge in [-0.05, 0) is 22.9 Å². The number of benzene rings is 2. The molecule has 1 aliphatic carbocycles. The van der Waals surface area contributed by atoms with E-state index in [2.05, 4.69) is 21.1 Å². The molecule has 0 heterocycles. The molecule has 0 radical (unpaired) electrons. The number of fused-ring (bicyclic) bond motifs is 3. The van der Waals surface area contributed by atoms with Crippen molar-refractivity contribution in [2.75, 3.05) is 0 Å². The molecule has 1 unspecified atom stereocenters. The molecule has 1 aliphatic rings. The Hall–Kier alpha value is -3.94. The first-order valence-corrected chi connectivity index (χ1v) is 8.74. The topological polar surface area (TPSA) is 188 Å². The first-order valence-electron chi connectivity index (χ1n) is 7.95. The van der Waals surface area contributed by atoms with Gasteiger partial charge in [-0.1, -0.05) is 5.16 Å². The highest BCUT2D eigenvalue weighted by Crippen LogP contribution is 2.49. The maximum absolute atomic E-state index is 11.6. The maximum atomic E-state index is 11.6. The van der Waals surface area contributed by atoms with E-state index >= 15 is 0 Å². The first kappa shape index (κ1) is 20.8. The van der Waals surface area contributed by atoms with Crippen molar-refractivity contribution in [2.45, 2.75) is 13.0 Å². The minimum Gasteiger partial charge on any atom is -0.478 e. The molecule has 0 aliphatic heterocycles. The second kappa shape index (κ2) is 7.47. The van der Waals surface area contributed by atoms with Gasteiger partial charge in [-0.15, -0.1) is 0 Å². The first-order chi connectivity index (χ1) is 14.0. The zero-order valence-electron chi connectivity index (χ0n) is 14.8. The van der Waals surface area contributed by atoms with Crippen LogP contribution in [0.15, 0.2) is 33.9 Å². The standard InChI is InChI=1S/C16H9BrN4O9/c1-6(16(22)23)30-18-15-9-2-7(19(24)25)4-11(17)13(9)14-10(15)3-8(20(26)27)5-12(14)21(28)29/h2-6H,1H3,(H,22,23)/b18-15+. The molecule has 0 aromatic heterocycles. The van der Waals surface area contributed by atoms with E-state index in [0.29, 0.717) is 0 Å².